The number of carboxylic acids is 1. The van der Waals surface area contributed by atoms with Gasteiger partial charge in [0, 0.05) is 6.07 Å². The Morgan fingerprint density at radius 1 is 1.32 bits per heavy atom. The van der Waals surface area contributed by atoms with Crippen LogP contribution in [0.2, 0.25) is 0 Å². The maximum Gasteiger partial charge on any atom is 0.338 e. The zero-order chi connectivity index (χ0) is 14.3. The lowest BCUT2D eigenvalue weighted by Gasteiger charge is -2.19. The molecule has 0 bridgehead atoms. The quantitative estimate of drug-likeness (QED) is 0.469. The van der Waals surface area contributed by atoms with Gasteiger partial charge in [-0.3, -0.25) is 9.69 Å². The first-order valence-corrected chi connectivity index (χ1v) is 6.25. The number of nitrogens with zero attached hydrogens (tertiary/aromatic N) is 1. The smallest absolute Gasteiger partial charge is 0.338 e. The second-order valence-corrected chi connectivity index (χ2v) is 5.19. The van der Waals surface area contributed by atoms with E-state index in [1.165, 1.54) is 0 Å². The molecule has 0 radical (unpaired) electrons. The second kappa shape index (κ2) is 4.59. The van der Waals surface area contributed by atoms with Crippen LogP contribution in [0.4, 0.5) is 5.69 Å². The van der Waals surface area contributed by atoms with Gasteiger partial charge in [0.1, 0.15) is 10.0 Å². The lowest BCUT2D eigenvalue weighted by atomic mass is 10.1. The Hall–Kier alpha value is -2.00. The largest absolute Gasteiger partial charge is 0.504 e. The molecule has 0 aromatic heterocycles. The minimum atomic E-state index is -1.48. The molecule has 7 nitrogen and oxygen atoms in total. The molecule has 0 spiro atoms. The number of carbonyl (C=O) groups is 2. The van der Waals surface area contributed by atoms with Gasteiger partial charge in [0.15, 0.2) is 11.5 Å². The summed E-state index contributed by atoms with van der Waals surface area (Å²) in [6, 6.07) is 0.742. The van der Waals surface area contributed by atoms with Crippen LogP contribution >= 0.6 is 24.0 Å². The molecule has 1 heterocycles. The molecule has 1 amide bonds. The molecule has 4 N–H and O–H groups in total. The SMILES string of the molecule is O=C(O)c1cc(O)c(O)c(O)c1N1C(=O)CSC1=S. The van der Waals surface area contributed by atoms with Gasteiger partial charge in [-0.2, -0.15) is 0 Å². The van der Waals surface area contributed by atoms with Gasteiger partial charge in [-0.05, 0) is 0 Å². The monoisotopic (exact) mass is 301 g/mol. The van der Waals surface area contributed by atoms with Gasteiger partial charge in [-0.1, -0.05) is 24.0 Å². The number of carboxylic acid groups (broad SMARTS) is 1. The summed E-state index contributed by atoms with van der Waals surface area (Å²) in [5, 5.41) is 37.6. The minimum absolute atomic E-state index is 0.0129. The van der Waals surface area contributed by atoms with E-state index in [0.717, 1.165) is 22.7 Å². The summed E-state index contributed by atoms with van der Waals surface area (Å²) in [5.74, 6) is -4.60. The van der Waals surface area contributed by atoms with Crippen LogP contribution in [-0.4, -0.2) is 42.4 Å². The van der Waals surface area contributed by atoms with Gasteiger partial charge >= 0.3 is 5.97 Å². The normalized spacial score (nSPS) is 15.1. The second-order valence-electron chi connectivity index (χ2n) is 3.58. The van der Waals surface area contributed by atoms with E-state index in [4.69, 9.17) is 17.3 Å². The number of hydrogen-bond acceptors (Lipinski definition) is 7. The molecule has 1 saturated heterocycles. The van der Waals surface area contributed by atoms with Crippen LogP contribution in [0.1, 0.15) is 10.4 Å². The lowest BCUT2D eigenvalue weighted by Crippen LogP contribution is -2.29. The van der Waals surface area contributed by atoms with E-state index in [2.05, 4.69) is 0 Å². The van der Waals surface area contributed by atoms with Crippen molar-refractivity contribution in [3.63, 3.8) is 0 Å². The fourth-order valence-electron chi connectivity index (χ4n) is 1.59. The van der Waals surface area contributed by atoms with Crippen LogP contribution in [0.25, 0.3) is 0 Å². The van der Waals surface area contributed by atoms with Crippen LogP contribution in [0.5, 0.6) is 17.2 Å². The first-order valence-electron chi connectivity index (χ1n) is 4.85. The summed E-state index contributed by atoms with van der Waals surface area (Å²) in [6.45, 7) is 0. The van der Waals surface area contributed by atoms with Crippen LogP contribution in [0.3, 0.4) is 0 Å². The van der Waals surface area contributed by atoms with E-state index >= 15 is 0 Å². The number of phenolic OH excluding ortho intramolecular Hbond substituents is 3. The molecular weight excluding hydrogens is 294 g/mol. The molecule has 1 aromatic rings. The van der Waals surface area contributed by atoms with E-state index in [1.54, 1.807) is 0 Å². The van der Waals surface area contributed by atoms with Crippen molar-refractivity contribution in [2.45, 2.75) is 0 Å². The maximum absolute atomic E-state index is 11.7. The molecule has 1 aliphatic heterocycles. The predicted molar refractivity (Wildman–Crippen MR) is 70.9 cm³/mol. The van der Waals surface area contributed by atoms with Crippen molar-refractivity contribution in [2.24, 2.45) is 0 Å². The Morgan fingerprint density at radius 2 is 1.95 bits per heavy atom. The highest BCUT2D eigenvalue weighted by atomic mass is 32.2. The van der Waals surface area contributed by atoms with Crippen molar-refractivity contribution in [2.75, 3.05) is 10.7 Å². The highest BCUT2D eigenvalue weighted by Gasteiger charge is 2.35. The van der Waals surface area contributed by atoms with Gasteiger partial charge in [-0.25, -0.2) is 4.79 Å². The summed E-state index contributed by atoms with van der Waals surface area (Å²) in [5.41, 5.74) is -0.978. The first-order chi connectivity index (χ1) is 8.84. The molecule has 100 valence electrons. The number of amides is 1. The van der Waals surface area contributed by atoms with Crippen molar-refractivity contribution in [1.29, 1.82) is 0 Å². The number of benzene rings is 1. The van der Waals surface area contributed by atoms with E-state index in [1.807, 2.05) is 0 Å². The molecule has 2 rings (SSSR count). The number of carbonyl (C=O) groups excluding carboxylic acids is 1. The highest BCUT2D eigenvalue weighted by molar-refractivity contribution is 8.24. The molecule has 0 aliphatic carbocycles. The fraction of sp³-hybridized carbons (Fsp3) is 0.100. The number of aromatic carboxylic acids is 1. The van der Waals surface area contributed by atoms with Crippen LogP contribution in [-0.2, 0) is 4.79 Å². The van der Waals surface area contributed by atoms with E-state index < -0.39 is 40.4 Å². The van der Waals surface area contributed by atoms with Crippen molar-refractivity contribution in [3.05, 3.63) is 11.6 Å². The Morgan fingerprint density at radius 3 is 2.42 bits per heavy atom. The standard InChI is InChI=1S/C10H7NO6S2/c12-4-1-3(9(16)17)6(8(15)7(4)14)11-5(13)2-19-10(11)18/h1,12,14-15H,2H2,(H,16,17). The number of thioether (sulfide) groups is 1. The fourth-order valence-corrected chi connectivity index (χ4v) is 2.66. The van der Waals surface area contributed by atoms with Crippen LogP contribution < -0.4 is 4.90 Å². The number of thiocarbonyl (C=S) groups is 1. The topological polar surface area (TPSA) is 118 Å². The lowest BCUT2D eigenvalue weighted by molar-refractivity contribution is -0.115. The first kappa shape index (κ1) is 13.4. The summed E-state index contributed by atoms with van der Waals surface area (Å²) < 4.78 is 0.0629. The average Bonchev–Trinajstić information content (AvgIpc) is 2.66. The Balaban J connectivity index is 2.74. The molecule has 1 fully saturated rings. The molecule has 19 heavy (non-hydrogen) atoms. The molecule has 9 heteroatoms. The summed E-state index contributed by atoms with van der Waals surface area (Å²) in [4.78, 5) is 23.6. The number of phenols is 3. The van der Waals surface area contributed by atoms with Gasteiger partial charge in [0.2, 0.25) is 11.7 Å². The molecule has 1 aliphatic rings. The van der Waals surface area contributed by atoms with Crippen LogP contribution in [0.15, 0.2) is 6.07 Å². The third kappa shape index (κ3) is 2.06. The maximum atomic E-state index is 11.7. The summed E-state index contributed by atoms with van der Waals surface area (Å²) >= 11 is 5.91. The molecule has 0 saturated carbocycles. The Kier molecular flexibility index (Phi) is 3.25. The van der Waals surface area contributed by atoms with Crippen molar-refractivity contribution >= 4 is 45.9 Å². The predicted octanol–water partition coefficient (Wildman–Crippen LogP) is 0.866. The van der Waals surface area contributed by atoms with Gasteiger partial charge in [0.05, 0.1) is 11.3 Å². The van der Waals surface area contributed by atoms with Crippen molar-refractivity contribution in [1.82, 2.24) is 0 Å². The van der Waals surface area contributed by atoms with Crippen molar-refractivity contribution < 1.29 is 30.0 Å². The van der Waals surface area contributed by atoms with Gasteiger partial charge < -0.3 is 20.4 Å². The Bertz CT molecular complexity index is 599. The molecule has 0 atom stereocenters. The van der Waals surface area contributed by atoms with Crippen molar-refractivity contribution in [3.8, 4) is 17.2 Å². The number of rotatable bonds is 2. The van der Waals surface area contributed by atoms with E-state index in [-0.39, 0.29) is 10.1 Å². The highest BCUT2D eigenvalue weighted by Crippen LogP contribution is 2.46. The zero-order valence-electron chi connectivity index (χ0n) is 9.15. The molecule has 1 aromatic carbocycles. The number of anilines is 1. The van der Waals surface area contributed by atoms with Gasteiger partial charge in [0.25, 0.3) is 0 Å². The third-order valence-corrected chi connectivity index (χ3v) is 3.79. The molecule has 0 unspecified atom stereocenters. The number of aromatic hydroxyl groups is 3. The number of hydrogen-bond donors (Lipinski definition) is 4. The summed E-state index contributed by atoms with van der Waals surface area (Å²) in [7, 11) is 0. The average molecular weight is 301 g/mol. The van der Waals surface area contributed by atoms with E-state index in [0.29, 0.717) is 0 Å². The van der Waals surface area contributed by atoms with E-state index in [9.17, 15) is 24.9 Å². The zero-order valence-corrected chi connectivity index (χ0v) is 10.8. The summed E-state index contributed by atoms with van der Waals surface area (Å²) in [6.07, 6.45) is 0. The molecular formula is C10H7NO6S2. The van der Waals surface area contributed by atoms with Crippen LogP contribution in [0, 0.1) is 0 Å². The Labute approximate surface area is 116 Å². The minimum Gasteiger partial charge on any atom is -0.504 e. The van der Waals surface area contributed by atoms with Gasteiger partial charge in [-0.15, -0.1) is 0 Å². The third-order valence-electron chi connectivity index (χ3n) is 2.43.